The number of nitrogens with zero attached hydrogens (tertiary/aromatic N) is 2. The van der Waals surface area contributed by atoms with Crippen LogP contribution in [0, 0.1) is 0 Å². The molecular weight excluding hydrogens is 284 g/mol. The van der Waals surface area contributed by atoms with Crippen LogP contribution in [0.2, 0.25) is 0 Å². The first-order valence-electron chi connectivity index (χ1n) is 5.43. The molecule has 0 spiro atoms. The Labute approximate surface area is 117 Å². The standard InChI is InChI=1S/C13H10N2O2S.ClH/c16-18(17,12-7-2-1-3-8-12)15-13-9-5-4-6-11(13)10-14-15;/h1-10H;1H. The molecule has 1 aromatic heterocycles. The Balaban J connectivity index is 0.00000133. The summed E-state index contributed by atoms with van der Waals surface area (Å²) >= 11 is 0. The highest BCUT2D eigenvalue weighted by atomic mass is 35.5. The maximum atomic E-state index is 12.4. The first-order chi connectivity index (χ1) is 8.69. The Morgan fingerprint density at radius 2 is 1.53 bits per heavy atom. The second-order valence-electron chi connectivity index (χ2n) is 3.86. The van der Waals surface area contributed by atoms with Crippen LogP contribution >= 0.6 is 12.4 Å². The zero-order valence-electron chi connectivity index (χ0n) is 9.80. The van der Waals surface area contributed by atoms with Crippen LogP contribution in [0.3, 0.4) is 0 Å². The van der Waals surface area contributed by atoms with Gasteiger partial charge >= 0.3 is 0 Å². The Morgan fingerprint density at radius 3 is 2.26 bits per heavy atom. The fourth-order valence-corrected chi connectivity index (χ4v) is 3.13. The number of rotatable bonds is 2. The van der Waals surface area contributed by atoms with Crippen LogP contribution in [0.25, 0.3) is 10.9 Å². The molecule has 0 atom stereocenters. The van der Waals surface area contributed by atoms with Gasteiger partial charge in [0.1, 0.15) is 0 Å². The van der Waals surface area contributed by atoms with E-state index in [-0.39, 0.29) is 17.3 Å². The smallest absolute Gasteiger partial charge is 0.199 e. The number of hydrogen-bond acceptors (Lipinski definition) is 3. The minimum Gasteiger partial charge on any atom is -0.199 e. The third-order valence-corrected chi connectivity index (χ3v) is 4.33. The SMILES string of the molecule is Cl.O=S(=O)(c1ccccc1)n1ncc2ccccc21. The average Bonchev–Trinajstić information content (AvgIpc) is 2.84. The molecule has 1 heterocycles. The van der Waals surface area contributed by atoms with Crippen molar-refractivity contribution < 1.29 is 8.42 Å². The van der Waals surface area contributed by atoms with Gasteiger partial charge in [0.15, 0.2) is 0 Å². The molecule has 19 heavy (non-hydrogen) atoms. The highest BCUT2D eigenvalue weighted by Crippen LogP contribution is 2.19. The average molecular weight is 295 g/mol. The summed E-state index contributed by atoms with van der Waals surface area (Å²) in [5.41, 5.74) is 0.585. The van der Waals surface area contributed by atoms with Gasteiger partial charge in [-0.25, -0.2) is 0 Å². The molecule has 0 saturated heterocycles. The third kappa shape index (κ3) is 2.22. The lowest BCUT2D eigenvalue weighted by Gasteiger charge is -2.05. The molecule has 0 radical (unpaired) electrons. The summed E-state index contributed by atoms with van der Waals surface area (Å²) < 4.78 is 25.9. The molecule has 0 aliphatic rings. The van der Waals surface area contributed by atoms with E-state index >= 15 is 0 Å². The summed E-state index contributed by atoms with van der Waals surface area (Å²) in [5, 5.41) is 4.77. The summed E-state index contributed by atoms with van der Waals surface area (Å²) in [4.78, 5) is 0.235. The van der Waals surface area contributed by atoms with Crippen molar-refractivity contribution in [2.45, 2.75) is 4.90 Å². The lowest BCUT2D eigenvalue weighted by atomic mass is 10.3. The molecule has 0 aliphatic carbocycles. The van der Waals surface area contributed by atoms with Crippen LogP contribution in [-0.2, 0) is 10.0 Å². The van der Waals surface area contributed by atoms with Crippen LogP contribution < -0.4 is 0 Å². The summed E-state index contributed by atoms with van der Waals surface area (Å²) in [7, 11) is -3.62. The highest BCUT2D eigenvalue weighted by molar-refractivity contribution is 7.90. The van der Waals surface area contributed by atoms with Crippen LogP contribution in [0.4, 0.5) is 0 Å². The van der Waals surface area contributed by atoms with E-state index < -0.39 is 10.0 Å². The number of aromatic nitrogens is 2. The van der Waals surface area contributed by atoms with Crippen molar-refractivity contribution in [2.75, 3.05) is 0 Å². The molecule has 3 rings (SSSR count). The largest absolute Gasteiger partial charge is 0.283 e. The van der Waals surface area contributed by atoms with Gasteiger partial charge in [0.2, 0.25) is 0 Å². The van der Waals surface area contributed by atoms with Crippen molar-refractivity contribution in [3.63, 3.8) is 0 Å². The van der Waals surface area contributed by atoms with Gasteiger partial charge in [-0.05, 0) is 18.2 Å². The summed E-state index contributed by atoms with van der Waals surface area (Å²) in [6.45, 7) is 0. The van der Waals surface area contributed by atoms with Gasteiger partial charge in [-0.15, -0.1) is 12.4 Å². The van der Waals surface area contributed by atoms with E-state index in [1.54, 1.807) is 48.7 Å². The second kappa shape index (κ2) is 5.03. The van der Waals surface area contributed by atoms with Gasteiger partial charge in [-0.3, -0.25) is 0 Å². The molecule has 6 heteroatoms. The highest BCUT2D eigenvalue weighted by Gasteiger charge is 2.19. The van der Waals surface area contributed by atoms with Crippen LogP contribution in [-0.4, -0.2) is 17.6 Å². The molecular formula is C13H11ClN2O2S. The molecule has 2 aromatic carbocycles. The van der Waals surface area contributed by atoms with Gasteiger partial charge in [-0.2, -0.15) is 17.6 Å². The van der Waals surface area contributed by atoms with Crippen molar-refractivity contribution in [1.82, 2.24) is 9.19 Å². The molecule has 0 saturated carbocycles. The van der Waals surface area contributed by atoms with Crippen LogP contribution in [0.15, 0.2) is 65.7 Å². The lowest BCUT2D eigenvalue weighted by molar-refractivity contribution is 0.582. The van der Waals surface area contributed by atoms with Crippen LogP contribution in [0.5, 0.6) is 0 Å². The maximum Gasteiger partial charge on any atom is 0.283 e. The maximum absolute atomic E-state index is 12.4. The molecule has 0 aliphatic heterocycles. The Bertz CT molecular complexity index is 798. The topological polar surface area (TPSA) is 52.0 Å². The van der Waals surface area contributed by atoms with Gasteiger partial charge in [0, 0.05) is 5.39 Å². The van der Waals surface area contributed by atoms with E-state index in [1.165, 1.54) is 0 Å². The third-order valence-electron chi connectivity index (χ3n) is 2.71. The quantitative estimate of drug-likeness (QED) is 0.730. The molecule has 0 fully saturated rings. The normalized spacial score (nSPS) is 11.2. The summed E-state index contributed by atoms with van der Waals surface area (Å²) in [6, 6.07) is 15.5. The molecule has 0 bridgehead atoms. The van der Waals surface area contributed by atoms with E-state index in [1.807, 2.05) is 12.1 Å². The fraction of sp³-hybridized carbons (Fsp3) is 0. The fourth-order valence-electron chi connectivity index (χ4n) is 1.83. The van der Waals surface area contributed by atoms with E-state index in [4.69, 9.17) is 0 Å². The molecule has 0 unspecified atom stereocenters. The lowest BCUT2D eigenvalue weighted by Crippen LogP contribution is -2.14. The molecule has 4 nitrogen and oxygen atoms in total. The van der Waals surface area contributed by atoms with Gasteiger partial charge in [0.05, 0.1) is 16.6 Å². The predicted octanol–water partition coefficient (Wildman–Crippen LogP) is 2.70. The van der Waals surface area contributed by atoms with Crippen LogP contribution in [0.1, 0.15) is 0 Å². The minimum atomic E-state index is -3.62. The van der Waals surface area contributed by atoms with E-state index in [2.05, 4.69) is 5.10 Å². The number of fused-ring (bicyclic) bond motifs is 1. The summed E-state index contributed by atoms with van der Waals surface area (Å²) in [5.74, 6) is 0. The molecule has 0 N–H and O–H groups in total. The minimum absolute atomic E-state index is 0. The van der Waals surface area contributed by atoms with E-state index in [0.29, 0.717) is 5.52 Å². The molecule has 3 aromatic rings. The van der Waals surface area contributed by atoms with Gasteiger partial charge < -0.3 is 0 Å². The van der Waals surface area contributed by atoms with Crippen molar-refractivity contribution in [2.24, 2.45) is 0 Å². The summed E-state index contributed by atoms with van der Waals surface area (Å²) in [6.07, 6.45) is 1.55. The van der Waals surface area contributed by atoms with E-state index in [9.17, 15) is 8.42 Å². The first-order valence-corrected chi connectivity index (χ1v) is 6.87. The predicted molar refractivity (Wildman–Crippen MR) is 76.0 cm³/mol. The Morgan fingerprint density at radius 1 is 0.895 bits per heavy atom. The van der Waals surface area contributed by atoms with E-state index in [0.717, 1.165) is 9.47 Å². The second-order valence-corrected chi connectivity index (χ2v) is 5.63. The van der Waals surface area contributed by atoms with Crippen molar-refractivity contribution >= 4 is 33.3 Å². The first kappa shape index (κ1) is 13.6. The van der Waals surface area contributed by atoms with Crippen molar-refractivity contribution in [3.8, 4) is 0 Å². The van der Waals surface area contributed by atoms with Crippen molar-refractivity contribution in [3.05, 3.63) is 60.8 Å². The molecule has 0 amide bonds. The zero-order chi connectivity index (χ0) is 12.6. The number of hydrogen-bond donors (Lipinski definition) is 0. The number of halogens is 1. The zero-order valence-corrected chi connectivity index (χ0v) is 11.4. The monoisotopic (exact) mass is 294 g/mol. The van der Waals surface area contributed by atoms with Crippen molar-refractivity contribution in [1.29, 1.82) is 0 Å². The van der Waals surface area contributed by atoms with Gasteiger partial charge in [0.25, 0.3) is 10.0 Å². The Hall–Kier alpha value is -1.85. The molecule has 98 valence electrons. The number of para-hydroxylation sites is 1. The van der Waals surface area contributed by atoms with Gasteiger partial charge in [-0.1, -0.05) is 36.4 Å². The number of benzene rings is 2. The Kier molecular flexibility index (Phi) is 3.59.